The van der Waals surface area contributed by atoms with Crippen molar-refractivity contribution < 1.29 is 14.3 Å². The van der Waals surface area contributed by atoms with Crippen LogP contribution in [0.4, 0.5) is 0 Å². The molecule has 0 spiro atoms. The minimum Gasteiger partial charge on any atom is -0.385 e. The van der Waals surface area contributed by atoms with E-state index in [0.29, 0.717) is 48.8 Å². The minimum atomic E-state index is -0.0850. The molecule has 1 aromatic heterocycles. The molecule has 0 atom stereocenters. The highest BCUT2D eigenvalue weighted by Gasteiger charge is 2.13. The second-order valence-corrected chi connectivity index (χ2v) is 7.57. The molecule has 7 nitrogen and oxygen atoms in total. The number of ether oxygens (including phenoxy) is 2. The number of aromatic nitrogens is 2. The first-order valence-electron chi connectivity index (χ1n) is 9.52. The molecule has 0 saturated heterocycles. The monoisotopic (exact) mass is 407 g/mol. The highest BCUT2D eigenvalue weighted by Crippen LogP contribution is 2.18. The Kier molecular flexibility index (Phi) is 9.46. The van der Waals surface area contributed by atoms with Crippen LogP contribution < -0.4 is 10.9 Å². The summed E-state index contributed by atoms with van der Waals surface area (Å²) in [5, 5.41) is 3.99. The van der Waals surface area contributed by atoms with Crippen molar-refractivity contribution in [3.8, 4) is 0 Å². The first-order valence-corrected chi connectivity index (χ1v) is 10.5. The van der Waals surface area contributed by atoms with Gasteiger partial charge in [0.15, 0.2) is 5.16 Å². The summed E-state index contributed by atoms with van der Waals surface area (Å²) in [4.78, 5) is 29.6. The first-order chi connectivity index (χ1) is 13.5. The summed E-state index contributed by atoms with van der Waals surface area (Å²) < 4.78 is 12.2. The van der Waals surface area contributed by atoms with Gasteiger partial charge in [-0.25, -0.2) is 4.98 Å². The van der Waals surface area contributed by atoms with Gasteiger partial charge in [-0.3, -0.25) is 14.2 Å². The fourth-order valence-electron chi connectivity index (χ4n) is 2.62. The number of carbonyl (C=O) groups excluding carboxylic acids is 1. The van der Waals surface area contributed by atoms with Crippen molar-refractivity contribution in [2.45, 2.75) is 44.5 Å². The van der Waals surface area contributed by atoms with Crippen molar-refractivity contribution in [3.05, 3.63) is 34.6 Å². The Labute approximate surface area is 169 Å². The molecular weight excluding hydrogens is 378 g/mol. The van der Waals surface area contributed by atoms with E-state index in [9.17, 15) is 9.59 Å². The lowest BCUT2D eigenvalue weighted by atomic mass is 10.2. The molecule has 0 unspecified atom stereocenters. The van der Waals surface area contributed by atoms with E-state index < -0.39 is 0 Å². The van der Waals surface area contributed by atoms with E-state index in [1.165, 1.54) is 11.8 Å². The highest BCUT2D eigenvalue weighted by atomic mass is 32.2. The van der Waals surface area contributed by atoms with E-state index in [1.54, 1.807) is 17.7 Å². The topological polar surface area (TPSA) is 82.5 Å². The van der Waals surface area contributed by atoms with Crippen LogP contribution in [0.2, 0.25) is 0 Å². The molecular formula is C20H29N3O4S. The predicted octanol–water partition coefficient (Wildman–Crippen LogP) is 2.46. The van der Waals surface area contributed by atoms with Gasteiger partial charge in [0.2, 0.25) is 5.91 Å². The lowest BCUT2D eigenvalue weighted by molar-refractivity contribution is -0.118. The molecule has 28 heavy (non-hydrogen) atoms. The van der Waals surface area contributed by atoms with Gasteiger partial charge in [-0.15, -0.1) is 0 Å². The van der Waals surface area contributed by atoms with Crippen LogP contribution in [-0.2, 0) is 20.8 Å². The Bertz CT molecular complexity index is 823. The zero-order valence-electron chi connectivity index (χ0n) is 16.8. The number of hydrogen-bond donors (Lipinski definition) is 1. The maximum absolute atomic E-state index is 12.9. The first kappa shape index (κ1) is 22.4. The van der Waals surface area contributed by atoms with Crippen LogP contribution in [0.15, 0.2) is 34.2 Å². The summed E-state index contributed by atoms with van der Waals surface area (Å²) in [6.07, 6.45) is 1.62. The molecule has 154 valence electrons. The average molecular weight is 408 g/mol. The van der Waals surface area contributed by atoms with Crippen molar-refractivity contribution in [1.82, 2.24) is 14.9 Å². The van der Waals surface area contributed by atoms with Crippen molar-refractivity contribution in [2.75, 3.05) is 32.6 Å². The van der Waals surface area contributed by atoms with Gasteiger partial charge < -0.3 is 14.8 Å². The molecule has 0 radical (unpaired) electrons. The van der Waals surface area contributed by atoms with E-state index in [1.807, 2.05) is 32.0 Å². The summed E-state index contributed by atoms with van der Waals surface area (Å²) in [5.74, 6) is 0.124. The van der Waals surface area contributed by atoms with Crippen LogP contribution in [-0.4, -0.2) is 54.2 Å². The molecule has 2 rings (SSSR count). The maximum Gasteiger partial charge on any atom is 0.262 e. The number of methoxy groups -OCH3 is 1. The van der Waals surface area contributed by atoms with Crippen LogP contribution >= 0.6 is 11.8 Å². The van der Waals surface area contributed by atoms with Crippen molar-refractivity contribution in [3.63, 3.8) is 0 Å². The number of rotatable bonds is 12. The van der Waals surface area contributed by atoms with Crippen molar-refractivity contribution in [2.24, 2.45) is 0 Å². The molecule has 2 aromatic rings. The average Bonchev–Trinajstić information content (AvgIpc) is 2.68. The maximum atomic E-state index is 12.9. The number of para-hydroxylation sites is 1. The fraction of sp³-hybridized carbons (Fsp3) is 0.550. The Morgan fingerprint density at radius 1 is 1.25 bits per heavy atom. The molecule has 0 saturated carbocycles. The standard InChI is InChI=1S/C20H29N3O4S/c1-15(2)27-13-7-11-23-19(25)16-8-4-5-9-17(16)22-20(23)28-14-18(24)21-10-6-12-26-3/h4-5,8-9,15H,6-7,10-14H2,1-3H3,(H,21,24). The number of nitrogens with one attached hydrogen (secondary N) is 1. The van der Waals surface area contributed by atoms with Gasteiger partial charge >= 0.3 is 0 Å². The van der Waals surface area contributed by atoms with E-state index in [0.717, 1.165) is 6.42 Å². The molecule has 0 aliphatic rings. The molecule has 1 amide bonds. The molecule has 1 N–H and O–H groups in total. The summed E-state index contributed by atoms with van der Waals surface area (Å²) >= 11 is 1.28. The number of benzene rings is 1. The third-order valence-electron chi connectivity index (χ3n) is 3.98. The fourth-order valence-corrected chi connectivity index (χ4v) is 3.48. The van der Waals surface area contributed by atoms with Crippen LogP contribution in [0.1, 0.15) is 26.7 Å². The number of hydrogen-bond acceptors (Lipinski definition) is 6. The molecule has 0 aliphatic heterocycles. The Morgan fingerprint density at radius 2 is 2.04 bits per heavy atom. The number of fused-ring (bicyclic) bond motifs is 1. The molecule has 8 heteroatoms. The highest BCUT2D eigenvalue weighted by molar-refractivity contribution is 7.99. The predicted molar refractivity (Wildman–Crippen MR) is 112 cm³/mol. The summed E-state index contributed by atoms with van der Waals surface area (Å²) in [5.41, 5.74) is 0.559. The summed E-state index contributed by atoms with van der Waals surface area (Å²) in [6, 6.07) is 7.28. The Morgan fingerprint density at radius 3 is 2.79 bits per heavy atom. The number of nitrogens with zero attached hydrogens (tertiary/aromatic N) is 2. The quantitative estimate of drug-likeness (QED) is 0.331. The zero-order chi connectivity index (χ0) is 20.4. The van der Waals surface area contributed by atoms with Gasteiger partial charge in [0.25, 0.3) is 5.56 Å². The van der Waals surface area contributed by atoms with E-state index >= 15 is 0 Å². The van der Waals surface area contributed by atoms with E-state index in [2.05, 4.69) is 10.3 Å². The molecule has 0 fully saturated rings. The number of carbonyl (C=O) groups is 1. The van der Waals surface area contributed by atoms with Gasteiger partial charge in [-0.1, -0.05) is 23.9 Å². The SMILES string of the molecule is COCCCNC(=O)CSc1nc2ccccc2c(=O)n1CCCOC(C)C. The third-order valence-corrected chi connectivity index (χ3v) is 4.96. The minimum absolute atomic E-state index is 0.0850. The summed E-state index contributed by atoms with van der Waals surface area (Å²) in [6.45, 7) is 6.21. The van der Waals surface area contributed by atoms with Crippen LogP contribution in [0.5, 0.6) is 0 Å². The lowest BCUT2D eigenvalue weighted by Gasteiger charge is -2.14. The van der Waals surface area contributed by atoms with Gasteiger partial charge in [0, 0.05) is 33.4 Å². The van der Waals surface area contributed by atoms with Gasteiger partial charge in [-0.2, -0.15) is 0 Å². The Hall–Kier alpha value is -1.90. The van der Waals surface area contributed by atoms with Crippen molar-refractivity contribution >= 4 is 28.6 Å². The van der Waals surface area contributed by atoms with E-state index in [4.69, 9.17) is 9.47 Å². The zero-order valence-corrected chi connectivity index (χ0v) is 17.6. The largest absolute Gasteiger partial charge is 0.385 e. The lowest BCUT2D eigenvalue weighted by Crippen LogP contribution is -2.28. The van der Waals surface area contributed by atoms with Crippen LogP contribution in [0, 0.1) is 0 Å². The van der Waals surface area contributed by atoms with Crippen LogP contribution in [0.25, 0.3) is 10.9 Å². The number of thioether (sulfide) groups is 1. The summed E-state index contributed by atoms with van der Waals surface area (Å²) in [7, 11) is 1.63. The molecule has 1 heterocycles. The van der Waals surface area contributed by atoms with Crippen molar-refractivity contribution in [1.29, 1.82) is 0 Å². The Balaban J connectivity index is 2.09. The molecule has 1 aromatic carbocycles. The van der Waals surface area contributed by atoms with E-state index in [-0.39, 0.29) is 23.3 Å². The third kappa shape index (κ3) is 6.92. The van der Waals surface area contributed by atoms with Gasteiger partial charge in [0.05, 0.1) is 22.8 Å². The smallest absolute Gasteiger partial charge is 0.262 e. The normalized spacial score (nSPS) is 11.3. The molecule has 0 bridgehead atoms. The second-order valence-electron chi connectivity index (χ2n) is 6.63. The second kappa shape index (κ2) is 11.8. The number of amides is 1. The molecule has 0 aliphatic carbocycles. The van der Waals surface area contributed by atoms with Gasteiger partial charge in [0.1, 0.15) is 0 Å². The van der Waals surface area contributed by atoms with Crippen LogP contribution in [0.3, 0.4) is 0 Å². The van der Waals surface area contributed by atoms with Gasteiger partial charge in [-0.05, 0) is 38.8 Å².